The van der Waals surface area contributed by atoms with Crippen LogP contribution in [-0.4, -0.2) is 41.4 Å². The summed E-state index contributed by atoms with van der Waals surface area (Å²) in [6, 6.07) is 7.48. The van der Waals surface area contributed by atoms with Gasteiger partial charge in [-0.3, -0.25) is 29.8 Å². The summed E-state index contributed by atoms with van der Waals surface area (Å²) in [7, 11) is 0. The summed E-state index contributed by atoms with van der Waals surface area (Å²) in [6.07, 6.45) is 0.131. The average Bonchev–Trinajstić information content (AvgIpc) is 3.28. The number of amides is 1. The minimum atomic E-state index is -0.786. The van der Waals surface area contributed by atoms with E-state index in [0.717, 1.165) is 11.8 Å². The molecule has 0 unspecified atom stereocenters. The summed E-state index contributed by atoms with van der Waals surface area (Å²) >= 11 is 0.509. The Balaban J connectivity index is 2.29. The van der Waals surface area contributed by atoms with Gasteiger partial charge >= 0.3 is 16.7 Å². The van der Waals surface area contributed by atoms with Crippen molar-refractivity contribution in [3.63, 3.8) is 0 Å². The maximum atomic E-state index is 12.5. The van der Waals surface area contributed by atoms with E-state index in [2.05, 4.69) is 20.3 Å². The highest BCUT2D eigenvalue weighted by Crippen LogP contribution is 2.42. The number of benzene rings is 1. The molecule has 2 aromatic rings. The number of carbonyl (C=O) groups excluding carboxylic acids is 2. The number of thiophene rings is 1. The lowest BCUT2D eigenvalue weighted by Gasteiger charge is -2.22. The second kappa shape index (κ2) is 13.4. The standard InChI is InChI=1S/C21H23N7O7S/c1-3-26(4-2)14-8-9-15(24-25-21-17(27(31)32)13-19(36-21)28(33)34)16(12-14)23-18(29)6-5-7-20(30)35-11-10-22/h8-9,12-13H,3-7,11H2,1-2H3,(H,23,29)/b25-24+. The SMILES string of the molecule is CCN(CC)c1ccc(/N=N/c2sc([N+](=O)[O-])cc2[N+](=O)[O-])c(NC(=O)CCCC(=O)OCC#N)c1. The maximum Gasteiger partial charge on any atom is 0.333 e. The fourth-order valence-corrected chi connectivity index (χ4v) is 3.80. The second-order valence-corrected chi connectivity index (χ2v) is 8.09. The minimum Gasteiger partial charge on any atom is -0.450 e. The van der Waals surface area contributed by atoms with Gasteiger partial charge in [0.1, 0.15) is 17.8 Å². The van der Waals surface area contributed by atoms with Crippen LogP contribution in [0.2, 0.25) is 0 Å². The van der Waals surface area contributed by atoms with Crippen molar-refractivity contribution in [1.29, 1.82) is 5.26 Å². The summed E-state index contributed by atoms with van der Waals surface area (Å²) in [5, 5.41) is 40.5. The van der Waals surface area contributed by atoms with Gasteiger partial charge in [0, 0.05) is 31.6 Å². The van der Waals surface area contributed by atoms with E-state index >= 15 is 0 Å². The Hall–Kier alpha value is -4.45. The number of hydrogen-bond donors (Lipinski definition) is 1. The van der Waals surface area contributed by atoms with E-state index in [-0.39, 0.29) is 42.2 Å². The van der Waals surface area contributed by atoms with Crippen LogP contribution in [0.3, 0.4) is 0 Å². The third kappa shape index (κ3) is 7.81. The van der Waals surface area contributed by atoms with Gasteiger partial charge in [-0.1, -0.05) is 0 Å². The molecular weight excluding hydrogens is 494 g/mol. The van der Waals surface area contributed by atoms with Gasteiger partial charge in [0.2, 0.25) is 10.9 Å². The number of rotatable bonds is 13. The molecule has 0 aliphatic heterocycles. The lowest BCUT2D eigenvalue weighted by atomic mass is 10.2. The van der Waals surface area contributed by atoms with E-state index in [1.807, 2.05) is 18.7 Å². The van der Waals surface area contributed by atoms with E-state index in [1.54, 1.807) is 24.3 Å². The molecule has 14 nitrogen and oxygen atoms in total. The van der Waals surface area contributed by atoms with Gasteiger partial charge in [-0.05, 0) is 49.8 Å². The van der Waals surface area contributed by atoms with E-state index in [1.165, 1.54) is 0 Å². The molecule has 1 amide bonds. The molecule has 0 saturated carbocycles. The fourth-order valence-electron chi connectivity index (χ4n) is 3.04. The van der Waals surface area contributed by atoms with E-state index in [0.29, 0.717) is 24.4 Å². The zero-order chi connectivity index (χ0) is 26.7. The Morgan fingerprint density at radius 2 is 1.86 bits per heavy atom. The Labute approximate surface area is 209 Å². The number of carbonyl (C=O) groups is 2. The molecule has 0 spiro atoms. The predicted molar refractivity (Wildman–Crippen MR) is 131 cm³/mol. The van der Waals surface area contributed by atoms with Crippen molar-refractivity contribution in [1.82, 2.24) is 0 Å². The Morgan fingerprint density at radius 3 is 2.47 bits per heavy atom. The van der Waals surface area contributed by atoms with Gasteiger partial charge in [0.25, 0.3) is 0 Å². The van der Waals surface area contributed by atoms with Crippen molar-refractivity contribution >= 4 is 56.0 Å². The highest BCUT2D eigenvalue weighted by atomic mass is 32.1. The van der Waals surface area contributed by atoms with Gasteiger partial charge < -0.3 is 15.0 Å². The van der Waals surface area contributed by atoms with Crippen molar-refractivity contribution in [2.45, 2.75) is 33.1 Å². The second-order valence-electron chi connectivity index (χ2n) is 7.08. The molecule has 36 heavy (non-hydrogen) atoms. The molecule has 0 aliphatic carbocycles. The number of nitrogens with zero attached hydrogens (tertiary/aromatic N) is 6. The lowest BCUT2D eigenvalue weighted by molar-refractivity contribution is -0.389. The Kier molecular flexibility index (Phi) is 10.4. The van der Waals surface area contributed by atoms with Crippen LogP contribution in [0.4, 0.5) is 32.8 Å². The minimum absolute atomic E-state index is 0.0175. The van der Waals surface area contributed by atoms with E-state index < -0.39 is 32.4 Å². The summed E-state index contributed by atoms with van der Waals surface area (Å²) in [4.78, 5) is 46.7. The number of azo groups is 1. The highest BCUT2D eigenvalue weighted by molar-refractivity contribution is 7.19. The van der Waals surface area contributed by atoms with Gasteiger partial charge in [0.05, 0.1) is 15.5 Å². The van der Waals surface area contributed by atoms with Gasteiger partial charge in [-0.25, -0.2) is 0 Å². The van der Waals surface area contributed by atoms with Crippen molar-refractivity contribution in [2.24, 2.45) is 10.2 Å². The smallest absolute Gasteiger partial charge is 0.333 e. The molecule has 0 bridgehead atoms. The van der Waals surface area contributed by atoms with Crippen LogP contribution in [0.25, 0.3) is 0 Å². The van der Waals surface area contributed by atoms with Crippen LogP contribution < -0.4 is 10.2 Å². The topological polar surface area (TPSA) is 193 Å². The number of anilines is 2. The summed E-state index contributed by atoms with van der Waals surface area (Å²) in [6.45, 7) is 4.96. The van der Waals surface area contributed by atoms with Crippen molar-refractivity contribution < 1.29 is 24.2 Å². The van der Waals surface area contributed by atoms with Crippen molar-refractivity contribution in [3.05, 3.63) is 44.5 Å². The first kappa shape index (κ1) is 27.8. The first-order valence-corrected chi connectivity index (χ1v) is 11.6. The molecule has 1 heterocycles. The largest absolute Gasteiger partial charge is 0.450 e. The normalized spacial score (nSPS) is 10.6. The van der Waals surface area contributed by atoms with Crippen LogP contribution in [0.15, 0.2) is 34.5 Å². The van der Waals surface area contributed by atoms with Gasteiger partial charge in [-0.15, -0.1) is 10.2 Å². The third-order valence-electron chi connectivity index (χ3n) is 4.77. The zero-order valence-corrected chi connectivity index (χ0v) is 20.3. The number of ether oxygens (including phenoxy) is 1. The van der Waals surface area contributed by atoms with Gasteiger partial charge in [0.15, 0.2) is 6.61 Å². The van der Waals surface area contributed by atoms with Crippen LogP contribution in [-0.2, 0) is 14.3 Å². The Bertz CT molecular complexity index is 1200. The molecule has 15 heteroatoms. The first-order chi connectivity index (χ1) is 17.2. The van der Waals surface area contributed by atoms with Crippen LogP contribution in [0, 0.1) is 31.6 Å². The number of hydrogen-bond acceptors (Lipinski definition) is 12. The Morgan fingerprint density at radius 1 is 1.14 bits per heavy atom. The molecule has 0 aliphatic rings. The van der Waals surface area contributed by atoms with Crippen molar-refractivity contribution in [2.75, 3.05) is 29.9 Å². The van der Waals surface area contributed by atoms with Crippen LogP contribution in [0.5, 0.6) is 0 Å². The first-order valence-electron chi connectivity index (χ1n) is 10.8. The number of nitro groups is 2. The third-order valence-corrected chi connectivity index (χ3v) is 5.73. The van der Waals surface area contributed by atoms with E-state index in [9.17, 15) is 29.8 Å². The monoisotopic (exact) mass is 517 g/mol. The number of nitrogens with one attached hydrogen (secondary N) is 1. The molecule has 2 rings (SSSR count). The number of esters is 1. The van der Waals surface area contributed by atoms with Crippen molar-refractivity contribution in [3.8, 4) is 6.07 Å². The quantitative estimate of drug-likeness (QED) is 0.164. The van der Waals surface area contributed by atoms with Crippen LogP contribution >= 0.6 is 11.3 Å². The molecule has 0 radical (unpaired) electrons. The zero-order valence-electron chi connectivity index (χ0n) is 19.5. The summed E-state index contributed by atoms with van der Waals surface area (Å²) in [5.41, 5.74) is 0.683. The van der Waals surface area contributed by atoms with E-state index in [4.69, 9.17) is 5.26 Å². The molecule has 1 aromatic carbocycles. The molecule has 1 aromatic heterocycles. The highest BCUT2D eigenvalue weighted by Gasteiger charge is 2.25. The average molecular weight is 518 g/mol. The number of nitriles is 1. The van der Waals surface area contributed by atoms with Gasteiger partial charge in [-0.2, -0.15) is 5.26 Å². The summed E-state index contributed by atoms with van der Waals surface area (Å²) < 4.78 is 4.64. The predicted octanol–water partition coefficient (Wildman–Crippen LogP) is 5.00. The molecule has 190 valence electrons. The molecule has 0 saturated heterocycles. The lowest BCUT2D eigenvalue weighted by Crippen LogP contribution is -2.22. The molecule has 0 fully saturated rings. The van der Waals surface area contributed by atoms with Crippen LogP contribution in [0.1, 0.15) is 33.1 Å². The molecular formula is C21H23N7O7S. The molecule has 0 atom stereocenters. The summed E-state index contributed by atoms with van der Waals surface area (Å²) in [5.74, 6) is -1.01. The fraction of sp³-hybridized carbons (Fsp3) is 0.381. The maximum absolute atomic E-state index is 12.5. The molecule has 1 N–H and O–H groups in total.